The van der Waals surface area contributed by atoms with E-state index in [0.29, 0.717) is 28.4 Å². The molecule has 0 fully saturated rings. The molecule has 8 nitrogen and oxygen atoms in total. The van der Waals surface area contributed by atoms with Gasteiger partial charge in [0.2, 0.25) is 0 Å². The van der Waals surface area contributed by atoms with Crippen molar-refractivity contribution in [3.8, 4) is 11.5 Å². The summed E-state index contributed by atoms with van der Waals surface area (Å²) >= 11 is 0. The van der Waals surface area contributed by atoms with Crippen LogP contribution < -0.4 is 10.9 Å². The largest absolute Gasteiger partial charge is 0.360 e. The Kier molecular flexibility index (Phi) is 4.13. The van der Waals surface area contributed by atoms with Gasteiger partial charge in [-0.2, -0.15) is 4.98 Å². The normalized spacial score (nSPS) is 10.7. The van der Waals surface area contributed by atoms with Crippen LogP contribution in [0.5, 0.6) is 0 Å². The maximum Gasteiger partial charge on any atom is 0.271 e. The van der Waals surface area contributed by atoms with Gasteiger partial charge >= 0.3 is 0 Å². The first-order valence-corrected chi connectivity index (χ1v) is 8.19. The molecule has 0 unspecified atom stereocenters. The lowest BCUT2D eigenvalue weighted by molar-refractivity contribution is 0.0847. The maximum absolute atomic E-state index is 12.3. The van der Waals surface area contributed by atoms with Gasteiger partial charge in [0.15, 0.2) is 5.82 Å². The fraction of sp³-hybridized carbons (Fsp3) is 0.0526. The molecular formula is C19H15N5O3. The summed E-state index contributed by atoms with van der Waals surface area (Å²) in [7, 11) is 0. The number of aromatic amines is 1. The standard InChI is InChI=1S/C19H15N5O3/c1-11-21-19(27-24-11)13-8-6-12(7-9-13)17(25)22-23-18(26)15-10-20-16-5-3-2-4-14(15)16/h2-10,20H,1H3,(H,22,25)(H,23,26). The summed E-state index contributed by atoms with van der Waals surface area (Å²) in [4.78, 5) is 31.7. The Morgan fingerprint density at radius 3 is 2.48 bits per heavy atom. The van der Waals surface area contributed by atoms with Crippen LogP contribution in [0.1, 0.15) is 26.5 Å². The second-order valence-corrected chi connectivity index (χ2v) is 5.88. The third-order valence-corrected chi connectivity index (χ3v) is 4.05. The number of hydrazine groups is 1. The summed E-state index contributed by atoms with van der Waals surface area (Å²) in [6, 6.07) is 14.0. The minimum Gasteiger partial charge on any atom is -0.360 e. The van der Waals surface area contributed by atoms with E-state index >= 15 is 0 Å². The van der Waals surface area contributed by atoms with Crippen molar-refractivity contribution in [1.82, 2.24) is 26.0 Å². The van der Waals surface area contributed by atoms with Gasteiger partial charge in [-0.3, -0.25) is 20.4 Å². The first kappa shape index (κ1) is 16.5. The van der Waals surface area contributed by atoms with Crippen molar-refractivity contribution < 1.29 is 14.1 Å². The molecule has 2 amide bonds. The molecule has 4 aromatic rings. The Labute approximate surface area is 153 Å². The van der Waals surface area contributed by atoms with Gasteiger partial charge in [0.05, 0.1) is 5.56 Å². The van der Waals surface area contributed by atoms with Crippen molar-refractivity contribution in [2.24, 2.45) is 0 Å². The summed E-state index contributed by atoms with van der Waals surface area (Å²) in [5.74, 6) is 0.0779. The molecule has 2 aromatic heterocycles. The average molecular weight is 361 g/mol. The number of hydrogen-bond donors (Lipinski definition) is 3. The van der Waals surface area contributed by atoms with Gasteiger partial charge in [-0.1, -0.05) is 23.4 Å². The van der Waals surface area contributed by atoms with Gasteiger partial charge in [0.25, 0.3) is 17.7 Å². The minimum absolute atomic E-state index is 0.382. The first-order valence-electron chi connectivity index (χ1n) is 8.19. The molecule has 0 atom stereocenters. The van der Waals surface area contributed by atoms with Crippen LogP contribution in [0.2, 0.25) is 0 Å². The van der Waals surface area contributed by atoms with Crippen molar-refractivity contribution >= 4 is 22.7 Å². The highest BCUT2D eigenvalue weighted by atomic mass is 16.5. The molecule has 8 heteroatoms. The number of hydrogen-bond acceptors (Lipinski definition) is 5. The Morgan fingerprint density at radius 1 is 1.00 bits per heavy atom. The second-order valence-electron chi connectivity index (χ2n) is 5.88. The predicted molar refractivity (Wildman–Crippen MR) is 97.7 cm³/mol. The van der Waals surface area contributed by atoms with E-state index in [4.69, 9.17) is 4.52 Å². The number of H-pyrrole nitrogens is 1. The summed E-state index contributed by atoms with van der Waals surface area (Å²) in [5.41, 5.74) is 7.22. The summed E-state index contributed by atoms with van der Waals surface area (Å²) < 4.78 is 5.08. The number of aromatic nitrogens is 3. The zero-order chi connectivity index (χ0) is 18.8. The summed E-state index contributed by atoms with van der Waals surface area (Å²) in [5, 5.41) is 4.51. The average Bonchev–Trinajstić information content (AvgIpc) is 3.32. The number of nitrogens with one attached hydrogen (secondary N) is 3. The van der Waals surface area contributed by atoms with Crippen LogP contribution in [0.25, 0.3) is 22.4 Å². The van der Waals surface area contributed by atoms with E-state index in [0.717, 1.165) is 10.9 Å². The maximum atomic E-state index is 12.3. The molecule has 0 radical (unpaired) electrons. The van der Waals surface area contributed by atoms with Crippen molar-refractivity contribution in [3.63, 3.8) is 0 Å². The highest BCUT2D eigenvalue weighted by Crippen LogP contribution is 2.18. The number of benzene rings is 2. The van der Waals surface area contributed by atoms with E-state index in [9.17, 15) is 9.59 Å². The molecule has 27 heavy (non-hydrogen) atoms. The third kappa shape index (κ3) is 3.28. The molecular weight excluding hydrogens is 346 g/mol. The van der Waals surface area contributed by atoms with E-state index in [-0.39, 0.29) is 0 Å². The van der Waals surface area contributed by atoms with Crippen molar-refractivity contribution in [2.75, 3.05) is 0 Å². The van der Waals surface area contributed by atoms with Crippen LogP contribution >= 0.6 is 0 Å². The number of carbonyl (C=O) groups is 2. The Balaban J connectivity index is 1.42. The fourth-order valence-corrected chi connectivity index (χ4v) is 2.69. The molecule has 3 N–H and O–H groups in total. The molecule has 0 aliphatic rings. The highest BCUT2D eigenvalue weighted by molar-refractivity contribution is 6.07. The topological polar surface area (TPSA) is 113 Å². The lowest BCUT2D eigenvalue weighted by atomic mass is 10.1. The molecule has 4 rings (SSSR count). The van der Waals surface area contributed by atoms with Gasteiger partial charge in [0, 0.05) is 28.2 Å². The minimum atomic E-state index is -0.434. The fourth-order valence-electron chi connectivity index (χ4n) is 2.69. The molecule has 134 valence electrons. The molecule has 0 bridgehead atoms. The van der Waals surface area contributed by atoms with Crippen LogP contribution in [0.3, 0.4) is 0 Å². The van der Waals surface area contributed by atoms with Crippen molar-refractivity contribution in [1.29, 1.82) is 0 Å². The smallest absolute Gasteiger partial charge is 0.271 e. The molecule has 2 aromatic carbocycles. The van der Waals surface area contributed by atoms with Gasteiger partial charge < -0.3 is 9.51 Å². The summed E-state index contributed by atoms with van der Waals surface area (Å²) in [6.07, 6.45) is 1.60. The number of para-hydroxylation sites is 1. The number of carbonyl (C=O) groups excluding carboxylic acids is 2. The molecule has 0 saturated carbocycles. The SMILES string of the molecule is Cc1noc(-c2ccc(C(=O)NNC(=O)c3c[nH]c4ccccc34)cc2)n1. The summed E-state index contributed by atoms with van der Waals surface area (Å²) in [6.45, 7) is 1.73. The van der Waals surface area contributed by atoms with Gasteiger partial charge in [0.1, 0.15) is 0 Å². The van der Waals surface area contributed by atoms with Crippen LogP contribution in [0, 0.1) is 6.92 Å². The first-order chi connectivity index (χ1) is 13.1. The number of amides is 2. The number of fused-ring (bicyclic) bond motifs is 1. The molecule has 0 spiro atoms. The van der Waals surface area contributed by atoms with Crippen molar-refractivity contribution in [3.05, 3.63) is 71.7 Å². The zero-order valence-electron chi connectivity index (χ0n) is 14.3. The number of aryl methyl sites for hydroxylation is 1. The van der Waals surface area contributed by atoms with Crippen molar-refractivity contribution in [2.45, 2.75) is 6.92 Å². The lowest BCUT2D eigenvalue weighted by Gasteiger charge is -2.07. The van der Waals surface area contributed by atoms with Gasteiger partial charge in [-0.15, -0.1) is 0 Å². The third-order valence-electron chi connectivity index (χ3n) is 4.05. The van der Waals surface area contributed by atoms with Crippen LogP contribution in [-0.4, -0.2) is 26.9 Å². The van der Waals surface area contributed by atoms with E-state index in [1.807, 2.05) is 24.3 Å². The quantitative estimate of drug-likeness (QED) is 0.486. The monoisotopic (exact) mass is 361 g/mol. The molecule has 0 aliphatic carbocycles. The van der Waals surface area contributed by atoms with Gasteiger partial charge in [-0.05, 0) is 37.3 Å². The van der Waals surface area contributed by atoms with Crippen LogP contribution in [-0.2, 0) is 0 Å². The van der Waals surface area contributed by atoms with Crippen LogP contribution in [0.4, 0.5) is 0 Å². The zero-order valence-corrected chi connectivity index (χ0v) is 14.3. The van der Waals surface area contributed by atoms with Gasteiger partial charge in [-0.25, -0.2) is 0 Å². The lowest BCUT2D eigenvalue weighted by Crippen LogP contribution is -2.41. The second kappa shape index (κ2) is 6.75. The van der Waals surface area contributed by atoms with E-state index in [1.165, 1.54) is 0 Å². The Hall–Kier alpha value is -3.94. The van der Waals surface area contributed by atoms with E-state index in [1.54, 1.807) is 37.4 Å². The molecule has 0 saturated heterocycles. The Bertz CT molecular complexity index is 1130. The number of rotatable bonds is 3. The van der Waals surface area contributed by atoms with E-state index in [2.05, 4.69) is 26.0 Å². The Morgan fingerprint density at radius 2 is 1.74 bits per heavy atom. The number of nitrogens with zero attached hydrogens (tertiary/aromatic N) is 2. The predicted octanol–water partition coefficient (Wildman–Crippen LogP) is 2.60. The molecule has 2 heterocycles. The van der Waals surface area contributed by atoms with E-state index < -0.39 is 11.8 Å². The molecule has 0 aliphatic heterocycles. The van der Waals surface area contributed by atoms with Crippen LogP contribution in [0.15, 0.2) is 59.3 Å². The highest BCUT2D eigenvalue weighted by Gasteiger charge is 2.14.